The fourth-order valence-corrected chi connectivity index (χ4v) is 3.36. The number of esters is 1. The molecule has 1 saturated heterocycles. The molecule has 30 heavy (non-hydrogen) atoms. The summed E-state index contributed by atoms with van der Waals surface area (Å²) in [5, 5.41) is 13.0. The van der Waals surface area contributed by atoms with Gasteiger partial charge in [0.05, 0.1) is 34.0 Å². The van der Waals surface area contributed by atoms with Gasteiger partial charge in [0.15, 0.2) is 11.5 Å². The van der Waals surface area contributed by atoms with Crippen molar-refractivity contribution in [1.82, 2.24) is 10.2 Å². The Balaban J connectivity index is 2.75. The van der Waals surface area contributed by atoms with Crippen LogP contribution in [0.15, 0.2) is 12.1 Å². The number of nitrogens with zero attached hydrogens (tertiary/aromatic N) is 1. The predicted octanol–water partition coefficient (Wildman–Crippen LogP) is 1.84. The number of nitrogens with one attached hydrogen (secondary N) is 1. The van der Waals surface area contributed by atoms with Crippen molar-refractivity contribution in [2.45, 2.75) is 24.9 Å². The van der Waals surface area contributed by atoms with Crippen LogP contribution in [0, 0.1) is 5.92 Å². The van der Waals surface area contributed by atoms with Crippen LogP contribution in [0.25, 0.3) is 0 Å². The number of rotatable bonds is 6. The van der Waals surface area contributed by atoms with E-state index in [1.165, 1.54) is 40.4 Å². The van der Waals surface area contributed by atoms with Crippen LogP contribution in [-0.2, 0) is 9.53 Å². The van der Waals surface area contributed by atoms with E-state index in [9.17, 15) is 27.9 Å². The van der Waals surface area contributed by atoms with E-state index in [0.29, 0.717) is 0 Å². The number of methoxy groups -OCH3 is 3. The average molecular weight is 436 g/mol. The summed E-state index contributed by atoms with van der Waals surface area (Å²) in [5.41, 5.74) is -3.82. The minimum atomic E-state index is -5.37. The fourth-order valence-electron chi connectivity index (χ4n) is 3.36. The highest BCUT2D eigenvalue weighted by Crippen LogP contribution is 2.49. The number of hydrogen-bond donors (Lipinski definition) is 2. The molecule has 0 saturated carbocycles. The Morgan fingerprint density at radius 3 is 2.13 bits per heavy atom. The van der Waals surface area contributed by atoms with E-state index >= 15 is 0 Å². The summed E-state index contributed by atoms with van der Waals surface area (Å²) in [6.45, 7) is 1.17. The maximum atomic E-state index is 13.9. The lowest BCUT2D eigenvalue weighted by molar-refractivity contribution is -0.328. The third kappa shape index (κ3) is 3.66. The van der Waals surface area contributed by atoms with Crippen molar-refractivity contribution in [3.8, 4) is 17.2 Å². The standard InChI is InChI=1S/C18H23F3N2O7/c1-6-30-15(24)12-13(22-16(25)23(2)17(12,26)18(19,20)21)9-7-10(27-3)14(29-5)11(8-9)28-4/h7-8,12-13,26H,6H2,1-5H3,(H,22,25)/t12-,13-,17-/m0/s1. The largest absolute Gasteiger partial charge is 0.493 e. The zero-order chi connectivity index (χ0) is 22.9. The van der Waals surface area contributed by atoms with Crippen molar-refractivity contribution in [1.29, 1.82) is 0 Å². The molecule has 2 rings (SSSR count). The highest BCUT2D eigenvalue weighted by atomic mass is 19.4. The minimum absolute atomic E-state index is 0.00618. The summed E-state index contributed by atoms with van der Waals surface area (Å²) in [7, 11) is 4.66. The summed E-state index contributed by atoms with van der Waals surface area (Å²) in [4.78, 5) is 24.9. The second-order valence-electron chi connectivity index (χ2n) is 6.40. The van der Waals surface area contributed by atoms with Gasteiger partial charge in [0.1, 0.15) is 5.92 Å². The van der Waals surface area contributed by atoms with Gasteiger partial charge in [-0.3, -0.25) is 9.69 Å². The minimum Gasteiger partial charge on any atom is -0.493 e. The maximum absolute atomic E-state index is 13.9. The lowest BCUT2D eigenvalue weighted by atomic mass is 9.81. The highest BCUT2D eigenvalue weighted by molar-refractivity contribution is 5.83. The molecule has 1 aliphatic rings. The second-order valence-corrected chi connectivity index (χ2v) is 6.40. The van der Waals surface area contributed by atoms with Crippen LogP contribution >= 0.6 is 0 Å². The van der Waals surface area contributed by atoms with Crippen molar-refractivity contribution >= 4 is 12.0 Å². The molecule has 9 nitrogen and oxygen atoms in total. The molecule has 2 amide bonds. The van der Waals surface area contributed by atoms with Gasteiger partial charge in [-0.2, -0.15) is 13.2 Å². The van der Waals surface area contributed by atoms with E-state index in [2.05, 4.69) is 5.32 Å². The zero-order valence-electron chi connectivity index (χ0n) is 17.0. The van der Waals surface area contributed by atoms with Crippen LogP contribution < -0.4 is 19.5 Å². The van der Waals surface area contributed by atoms with Crippen LogP contribution in [0.2, 0.25) is 0 Å². The van der Waals surface area contributed by atoms with Crippen LogP contribution in [0.3, 0.4) is 0 Å². The molecule has 1 aromatic carbocycles. The summed E-state index contributed by atoms with van der Waals surface area (Å²) in [6, 6.07) is -0.302. The molecule has 0 unspecified atom stereocenters. The Hall–Kier alpha value is -2.89. The Morgan fingerprint density at radius 2 is 1.73 bits per heavy atom. The predicted molar refractivity (Wildman–Crippen MR) is 96.3 cm³/mol. The Morgan fingerprint density at radius 1 is 1.20 bits per heavy atom. The fraction of sp³-hybridized carbons (Fsp3) is 0.556. The Kier molecular flexibility index (Phi) is 6.60. The van der Waals surface area contributed by atoms with E-state index in [4.69, 9.17) is 18.9 Å². The molecule has 0 bridgehead atoms. The van der Waals surface area contributed by atoms with Crippen molar-refractivity contribution in [3.63, 3.8) is 0 Å². The molecule has 1 fully saturated rings. The Bertz CT molecular complexity index is 792. The van der Waals surface area contributed by atoms with Crippen molar-refractivity contribution < 1.29 is 46.8 Å². The van der Waals surface area contributed by atoms with Crippen LogP contribution in [-0.4, -0.2) is 68.9 Å². The smallest absolute Gasteiger partial charge is 0.437 e. The first-order valence-electron chi connectivity index (χ1n) is 8.77. The number of aliphatic hydroxyl groups is 1. The van der Waals surface area contributed by atoms with E-state index in [1.807, 2.05) is 0 Å². The van der Waals surface area contributed by atoms with Gasteiger partial charge in [-0.25, -0.2) is 4.79 Å². The molecule has 1 aromatic rings. The number of ether oxygens (including phenoxy) is 4. The van der Waals surface area contributed by atoms with Crippen LogP contribution in [0.4, 0.5) is 18.0 Å². The van der Waals surface area contributed by atoms with Gasteiger partial charge in [0, 0.05) is 7.05 Å². The van der Waals surface area contributed by atoms with E-state index in [1.54, 1.807) is 0 Å². The number of hydrogen-bond acceptors (Lipinski definition) is 7. The lowest BCUT2D eigenvalue weighted by Gasteiger charge is -2.49. The number of amides is 2. The Labute approximate surface area is 170 Å². The van der Waals surface area contributed by atoms with Gasteiger partial charge in [0.2, 0.25) is 5.75 Å². The number of urea groups is 1. The normalized spacial score (nSPS) is 24.2. The molecular weight excluding hydrogens is 413 g/mol. The summed E-state index contributed by atoms with van der Waals surface area (Å²) < 4.78 is 62.2. The number of carbonyl (C=O) groups is 2. The molecule has 0 aromatic heterocycles. The van der Waals surface area contributed by atoms with Gasteiger partial charge >= 0.3 is 18.2 Å². The third-order valence-corrected chi connectivity index (χ3v) is 4.87. The topological polar surface area (TPSA) is 107 Å². The highest BCUT2D eigenvalue weighted by Gasteiger charge is 2.69. The SMILES string of the molecule is CCOC(=O)[C@@H]1[C@H](c2cc(OC)c(OC)c(OC)c2)NC(=O)N(C)[C@@]1(O)C(F)(F)F. The molecule has 1 heterocycles. The molecule has 1 aliphatic heterocycles. The summed E-state index contributed by atoms with van der Waals surface area (Å²) in [6.07, 6.45) is -5.37. The maximum Gasteiger partial charge on any atom is 0.437 e. The first kappa shape index (κ1) is 23.4. The second kappa shape index (κ2) is 8.46. The van der Waals surface area contributed by atoms with Gasteiger partial charge in [0.25, 0.3) is 5.72 Å². The molecular formula is C18H23F3N2O7. The van der Waals surface area contributed by atoms with Crippen molar-refractivity contribution in [2.75, 3.05) is 35.0 Å². The van der Waals surface area contributed by atoms with Crippen molar-refractivity contribution in [3.05, 3.63) is 17.7 Å². The van der Waals surface area contributed by atoms with E-state index in [0.717, 1.165) is 7.05 Å². The van der Waals surface area contributed by atoms with Gasteiger partial charge in [-0.1, -0.05) is 0 Å². The zero-order valence-corrected chi connectivity index (χ0v) is 17.0. The quantitative estimate of drug-likeness (QED) is 0.656. The third-order valence-electron chi connectivity index (χ3n) is 4.87. The number of alkyl halides is 3. The lowest BCUT2D eigenvalue weighted by Crippen LogP contribution is -2.73. The van der Waals surface area contributed by atoms with Crippen LogP contribution in [0.1, 0.15) is 18.5 Å². The van der Waals surface area contributed by atoms with Gasteiger partial charge in [-0.15, -0.1) is 0 Å². The molecule has 0 spiro atoms. The average Bonchev–Trinajstić information content (AvgIpc) is 2.69. The number of carbonyl (C=O) groups excluding carboxylic acids is 2. The number of halogens is 3. The molecule has 12 heteroatoms. The number of benzene rings is 1. The first-order valence-corrected chi connectivity index (χ1v) is 8.77. The monoisotopic (exact) mass is 436 g/mol. The van der Waals surface area contributed by atoms with E-state index in [-0.39, 0.29) is 34.3 Å². The molecule has 3 atom stereocenters. The van der Waals surface area contributed by atoms with Crippen molar-refractivity contribution in [2.24, 2.45) is 5.92 Å². The summed E-state index contributed by atoms with van der Waals surface area (Å²) >= 11 is 0. The van der Waals surface area contributed by atoms with Crippen LogP contribution in [0.5, 0.6) is 17.2 Å². The molecule has 0 radical (unpaired) electrons. The van der Waals surface area contributed by atoms with E-state index < -0.39 is 35.9 Å². The first-order chi connectivity index (χ1) is 14.0. The van der Waals surface area contributed by atoms with Gasteiger partial charge in [-0.05, 0) is 24.6 Å². The molecule has 0 aliphatic carbocycles. The molecule has 168 valence electrons. The molecule has 2 N–H and O–H groups in total. The summed E-state index contributed by atoms with van der Waals surface area (Å²) in [5.74, 6) is -3.27. The van der Waals surface area contributed by atoms with Gasteiger partial charge < -0.3 is 29.4 Å².